The van der Waals surface area contributed by atoms with E-state index in [1.165, 1.54) is 4.57 Å². The molecule has 1 aromatic carbocycles. The van der Waals surface area contributed by atoms with Gasteiger partial charge in [-0.15, -0.1) is 10.2 Å². The predicted molar refractivity (Wildman–Crippen MR) is 104 cm³/mol. The van der Waals surface area contributed by atoms with Gasteiger partial charge in [0.2, 0.25) is 0 Å². The van der Waals surface area contributed by atoms with Crippen LogP contribution in [0.25, 0.3) is 17.0 Å². The second-order valence-corrected chi connectivity index (χ2v) is 6.58. The number of aromatic amines is 1. The second kappa shape index (κ2) is 7.07. The zero-order chi connectivity index (χ0) is 21.4. The van der Waals surface area contributed by atoms with Gasteiger partial charge in [0.05, 0.1) is 5.69 Å². The summed E-state index contributed by atoms with van der Waals surface area (Å²) in [6.45, 7) is 3.66. The number of H-pyrrole nitrogens is 1. The smallest absolute Gasteiger partial charge is 0.251 e. The maximum Gasteiger partial charge on any atom is 0.251 e. The number of carbonyl (C=O) groups is 1. The lowest BCUT2D eigenvalue weighted by Gasteiger charge is -2.01. The molecule has 1 N–H and O–H groups in total. The Morgan fingerprint density at radius 1 is 1.17 bits per heavy atom. The average molecular weight is 398 g/mol. The minimum atomic E-state index is -0.0138. The van der Waals surface area contributed by atoms with E-state index in [2.05, 4.69) is 30.5 Å². The highest BCUT2D eigenvalue weighted by atomic mass is 16.1. The molecular formula is C19H14N10O. The summed E-state index contributed by atoms with van der Waals surface area (Å²) < 4.78 is 2.98. The number of fused-ring (bicyclic) bond motifs is 1. The molecule has 11 heteroatoms. The average Bonchev–Trinajstić information content (AvgIpc) is 3.37. The molecule has 3 heterocycles. The fraction of sp³-hybridized carbons (Fsp3) is 0.158. The minimum Gasteiger partial charge on any atom is -0.301 e. The van der Waals surface area contributed by atoms with Crippen molar-refractivity contribution in [2.75, 3.05) is 0 Å². The van der Waals surface area contributed by atoms with E-state index >= 15 is 0 Å². The number of hydrogen-bond acceptors (Lipinski definition) is 8. The van der Waals surface area contributed by atoms with Gasteiger partial charge in [-0.05, 0) is 37.6 Å². The van der Waals surface area contributed by atoms with E-state index in [4.69, 9.17) is 10.5 Å². The quantitative estimate of drug-likeness (QED) is 0.412. The van der Waals surface area contributed by atoms with Crippen LogP contribution in [0.1, 0.15) is 33.0 Å². The number of aromatic nitrogens is 6. The highest BCUT2D eigenvalue weighted by Gasteiger charge is 2.18. The molecule has 0 fully saturated rings. The third-order valence-corrected chi connectivity index (χ3v) is 4.51. The molecule has 0 aliphatic rings. The number of azo groups is 1. The molecule has 4 rings (SSSR count). The molecule has 146 valence electrons. The van der Waals surface area contributed by atoms with Crippen LogP contribution in [0.2, 0.25) is 0 Å². The molecule has 3 aromatic heterocycles. The molecule has 0 spiro atoms. The van der Waals surface area contributed by atoms with Gasteiger partial charge < -0.3 is 4.57 Å². The number of aryl methyl sites for hydroxylation is 2. The molecule has 0 saturated carbocycles. The van der Waals surface area contributed by atoms with E-state index in [9.17, 15) is 4.79 Å². The van der Waals surface area contributed by atoms with Crippen LogP contribution in [-0.4, -0.2) is 35.6 Å². The summed E-state index contributed by atoms with van der Waals surface area (Å²) in [5, 5.41) is 38.3. The van der Waals surface area contributed by atoms with Crippen LogP contribution in [0, 0.1) is 36.5 Å². The summed E-state index contributed by atoms with van der Waals surface area (Å²) in [5.41, 5.74) is 3.83. The fourth-order valence-electron chi connectivity index (χ4n) is 3.12. The number of carbonyl (C=O) groups excluding carboxylic acids is 1. The van der Waals surface area contributed by atoms with Crippen molar-refractivity contribution in [3.05, 3.63) is 46.4 Å². The van der Waals surface area contributed by atoms with E-state index in [1.54, 1.807) is 30.6 Å². The molecule has 30 heavy (non-hydrogen) atoms. The van der Waals surface area contributed by atoms with Crippen molar-refractivity contribution in [2.45, 2.75) is 13.8 Å². The van der Waals surface area contributed by atoms with Crippen molar-refractivity contribution in [3.8, 4) is 23.5 Å². The van der Waals surface area contributed by atoms with E-state index in [0.717, 1.165) is 17.4 Å². The Kier molecular flexibility index (Phi) is 4.41. The number of benzene rings is 1. The third kappa shape index (κ3) is 2.91. The largest absolute Gasteiger partial charge is 0.301 e. The molecule has 0 aliphatic carbocycles. The first-order valence-electron chi connectivity index (χ1n) is 8.76. The normalized spacial score (nSPS) is 11.1. The number of rotatable bonds is 4. The number of imidazole rings is 1. The number of aldehydes is 1. The van der Waals surface area contributed by atoms with Crippen molar-refractivity contribution < 1.29 is 4.79 Å². The summed E-state index contributed by atoms with van der Waals surface area (Å²) in [7, 11) is 1.58. The molecule has 4 aromatic rings. The van der Waals surface area contributed by atoms with Crippen molar-refractivity contribution in [3.63, 3.8) is 0 Å². The molecule has 0 aliphatic heterocycles. The standard InChI is InChI=1S/C19H14N10O/c1-10-4-12(9-30)6-13(5-10)17-24-25-18-16(11(2)27-29(17)18)23-26-19-22-14(7-20)15(8-21)28(19)3/h4-6,9,25H,1-3H3. The van der Waals surface area contributed by atoms with Gasteiger partial charge in [-0.3, -0.25) is 9.89 Å². The van der Waals surface area contributed by atoms with Crippen LogP contribution in [-0.2, 0) is 7.05 Å². The van der Waals surface area contributed by atoms with Crippen LogP contribution in [0.15, 0.2) is 28.4 Å². The predicted octanol–water partition coefficient (Wildman–Crippen LogP) is 3.05. The van der Waals surface area contributed by atoms with Crippen molar-refractivity contribution in [1.29, 1.82) is 10.5 Å². The van der Waals surface area contributed by atoms with Gasteiger partial charge in [0.25, 0.3) is 5.95 Å². The topological polar surface area (TPSA) is 153 Å². The highest BCUT2D eigenvalue weighted by molar-refractivity contribution is 5.79. The monoisotopic (exact) mass is 398 g/mol. The molecular weight excluding hydrogens is 384 g/mol. The van der Waals surface area contributed by atoms with Crippen LogP contribution in [0.4, 0.5) is 11.6 Å². The van der Waals surface area contributed by atoms with Gasteiger partial charge in [0.1, 0.15) is 18.4 Å². The number of nitrogens with zero attached hydrogens (tertiary/aromatic N) is 9. The van der Waals surface area contributed by atoms with Gasteiger partial charge in [-0.1, -0.05) is 0 Å². The van der Waals surface area contributed by atoms with Gasteiger partial charge >= 0.3 is 0 Å². The van der Waals surface area contributed by atoms with Gasteiger partial charge in [0.15, 0.2) is 28.5 Å². The summed E-state index contributed by atoms with van der Waals surface area (Å²) >= 11 is 0. The van der Waals surface area contributed by atoms with Gasteiger partial charge in [0, 0.05) is 18.2 Å². The van der Waals surface area contributed by atoms with Crippen molar-refractivity contribution in [1.82, 2.24) is 29.4 Å². The first kappa shape index (κ1) is 18.7. The number of nitrogens with one attached hydrogen (secondary N) is 1. The van der Waals surface area contributed by atoms with Gasteiger partial charge in [-0.2, -0.15) is 30.2 Å². The van der Waals surface area contributed by atoms with Crippen molar-refractivity contribution in [2.24, 2.45) is 17.3 Å². The minimum absolute atomic E-state index is 0.0138. The summed E-state index contributed by atoms with van der Waals surface area (Å²) in [6, 6.07) is 9.21. The van der Waals surface area contributed by atoms with Crippen molar-refractivity contribution >= 4 is 23.6 Å². The number of nitriles is 2. The van der Waals surface area contributed by atoms with Crippen LogP contribution >= 0.6 is 0 Å². The fourth-order valence-corrected chi connectivity index (χ4v) is 3.12. The van der Waals surface area contributed by atoms with E-state index in [-0.39, 0.29) is 17.3 Å². The molecule has 0 saturated heterocycles. The van der Waals surface area contributed by atoms with Crippen LogP contribution in [0.5, 0.6) is 0 Å². The third-order valence-electron chi connectivity index (χ3n) is 4.51. The SMILES string of the molecule is Cc1cc(C=O)cc(-c2n[nH]c3c(N=Nc4nc(C#N)c(C#N)n4C)c(C)nn23)c1. The Labute approximate surface area is 169 Å². The molecule has 0 bridgehead atoms. The molecule has 0 radical (unpaired) electrons. The van der Waals surface area contributed by atoms with Gasteiger partial charge in [-0.25, -0.2) is 0 Å². The maximum atomic E-state index is 11.2. The zero-order valence-corrected chi connectivity index (χ0v) is 16.2. The molecule has 0 atom stereocenters. The molecule has 11 nitrogen and oxygen atoms in total. The van der Waals surface area contributed by atoms with E-state index in [1.807, 2.05) is 25.1 Å². The number of hydrogen-bond donors (Lipinski definition) is 1. The molecule has 0 amide bonds. The van der Waals surface area contributed by atoms with Crippen LogP contribution in [0.3, 0.4) is 0 Å². The summed E-state index contributed by atoms with van der Waals surface area (Å²) in [4.78, 5) is 15.2. The zero-order valence-electron chi connectivity index (χ0n) is 16.2. The van der Waals surface area contributed by atoms with E-state index in [0.29, 0.717) is 28.4 Å². The Hall–Kier alpha value is -4.64. The lowest BCUT2D eigenvalue weighted by atomic mass is 10.1. The first-order valence-corrected chi connectivity index (χ1v) is 8.76. The maximum absolute atomic E-state index is 11.2. The summed E-state index contributed by atoms with van der Waals surface area (Å²) in [5.74, 6) is 0.646. The first-order chi connectivity index (χ1) is 14.5. The lowest BCUT2D eigenvalue weighted by Crippen LogP contribution is -1.93. The Bertz CT molecular complexity index is 1420. The highest BCUT2D eigenvalue weighted by Crippen LogP contribution is 2.29. The lowest BCUT2D eigenvalue weighted by molar-refractivity contribution is 0.112. The second-order valence-electron chi connectivity index (χ2n) is 6.58. The molecule has 0 unspecified atom stereocenters. The summed E-state index contributed by atoms with van der Waals surface area (Å²) in [6.07, 6.45) is 0.784. The Balaban J connectivity index is 1.79. The van der Waals surface area contributed by atoms with E-state index < -0.39 is 0 Å². The van der Waals surface area contributed by atoms with Crippen LogP contribution < -0.4 is 0 Å². The Morgan fingerprint density at radius 2 is 1.97 bits per heavy atom. The Morgan fingerprint density at radius 3 is 2.63 bits per heavy atom.